The minimum absolute atomic E-state index is 0.364. The van der Waals surface area contributed by atoms with Gasteiger partial charge in [0.05, 0.1) is 0 Å². The van der Waals surface area contributed by atoms with E-state index in [-0.39, 0.29) is 0 Å². The molecule has 2 aromatic heterocycles. The van der Waals surface area contributed by atoms with Crippen LogP contribution in [0.5, 0.6) is 0 Å². The van der Waals surface area contributed by atoms with E-state index >= 15 is 0 Å². The van der Waals surface area contributed by atoms with Gasteiger partial charge in [0.1, 0.15) is 0 Å². The minimum Gasteiger partial charge on any atom is -0.346 e. The van der Waals surface area contributed by atoms with E-state index in [0.717, 1.165) is 6.54 Å². The first-order valence-corrected chi connectivity index (χ1v) is 5.93. The normalized spacial score (nSPS) is 12.6. The average Bonchev–Trinajstić information content (AvgIpc) is 2.76. The maximum atomic E-state index is 4.23. The van der Waals surface area contributed by atoms with Crippen LogP contribution >= 0.6 is 0 Å². The van der Waals surface area contributed by atoms with Gasteiger partial charge in [-0.2, -0.15) is 0 Å². The van der Waals surface area contributed by atoms with Gasteiger partial charge in [-0.1, -0.05) is 6.07 Å². The van der Waals surface area contributed by atoms with Crippen molar-refractivity contribution in [3.63, 3.8) is 0 Å². The van der Waals surface area contributed by atoms with Gasteiger partial charge < -0.3 is 9.88 Å². The van der Waals surface area contributed by atoms with Crippen LogP contribution in [0, 0.1) is 6.92 Å². The van der Waals surface area contributed by atoms with Crippen LogP contribution in [0.3, 0.4) is 0 Å². The topological polar surface area (TPSA) is 29.9 Å². The first-order chi connectivity index (χ1) is 8.20. The molecule has 1 N–H and O–H groups in total. The first kappa shape index (κ1) is 11.9. The fourth-order valence-electron chi connectivity index (χ4n) is 2.01. The summed E-state index contributed by atoms with van der Waals surface area (Å²) >= 11 is 0. The molecule has 1 atom stereocenters. The summed E-state index contributed by atoms with van der Waals surface area (Å²) in [5.74, 6) is 0. The Kier molecular flexibility index (Phi) is 3.59. The highest BCUT2D eigenvalue weighted by molar-refractivity contribution is 5.19. The van der Waals surface area contributed by atoms with Crippen molar-refractivity contribution >= 4 is 0 Å². The van der Waals surface area contributed by atoms with Crippen molar-refractivity contribution in [2.24, 2.45) is 0 Å². The lowest BCUT2D eigenvalue weighted by molar-refractivity contribution is 0.589. The van der Waals surface area contributed by atoms with Gasteiger partial charge in [0.2, 0.25) is 0 Å². The molecule has 17 heavy (non-hydrogen) atoms. The third kappa shape index (κ3) is 2.74. The monoisotopic (exact) mass is 229 g/mol. The molecule has 0 aliphatic rings. The van der Waals surface area contributed by atoms with Crippen LogP contribution in [0.4, 0.5) is 0 Å². The number of rotatable bonds is 4. The molecule has 0 saturated heterocycles. The van der Waals surface area contributed by atoms with Crippen LogP contribution in [-0.2, 0) is 6.54 Å². The van der Waals surface area contributed by atoms with Gasteiger partial charge in [0.25, 0.3) is 0 Å². The van der Waals surface area contributed by atoms with Crippen molar-refractivity contribution in [3.05, 3.63) is 53.6 Å². The minimum atomic E-state index is 0.364. The zero-order chi connectivity index (χ0) is 12.3. The number of aryl methyl sites for hydroxylation is 1. The van der Waals surface area contributed by atoms with Crippen LogP contribution < -0.4 is 5.32 Å². The van der Waals surface area contributed by atoms with Gasteiger partial charge in [0, 0.05) is 36.9 Å². The molecule has 0 aliphatic carbocycles. The van der Waals surface area contributed by atoms with Crippen molar-refractivity contribution in [1.29, 1.82) is 0 Å². The molecular formula is C14H19N3. The molecular weight excluding hydrogens is 210 g/mol. The third-order valence-electron chi connectivity index (χ3n) is 3.03. The number of pyridine rings is 1. The zero-order valence-electron chi connectivity index (χ0n) is 10.6. The molecule has 0 saturated carbocycles. The molecule has 2 heterocycles. The summed E-state index contributed by atoms with van der Waals surface area (Å²) in [6.07, 6.45) is 5.93. The highest BCUT2D eigenvalue weighted by atomic mass is 15.0. The summed E-state index contributed by atoms with van der Waals surface area (Å²) in [5, 5.41) is 3.27. The van der Waals surface area contributed by atoms with Crippen LogP contribution in [0.25, 0.3) is 0 Å². The lowest BCUT2D eigenvalue weighted by Gasteiger charge is -2.15. The predicted molar refractivity (Wildman–Crippen MR) is 70.0 cm³/mol. The zero-order valence-corrected chi connectivity index (χ0v) is 10.6. The number of aromatic nitrogens is 2. The van der Waals surface area contributed by atoms with Gasteiger partial charge in [-0.25, -0.2) is 0 Å². The molecule has 0 spiro atoms. The van der Waals surface area contributed by atoms with Gasteiger partial charge >= 0.3 is 0 Å². The standard InChI is InChI=1S/C14H19N3/c1-11-7-13(9-16-8-11)10-17-6-4-5-14(17)12(2)15-3/h4-9,12,15H,10H2,1-3H3. The summed E-state index contributed by atoms with van der Waals surface area (Å²) < 4.78 is 2.26. The van der Waals surface area contributed by atoms with E-state index < -0.39 is 0 Å². The predicted octanol–water partition coefficient (Wildman–Crippen LogP) is 2.52. The average molecular weight is 229 g/mol. The van der Waals surface area contributed by atoms with Crippen LogP contribution in [-0.4, -0.2) is 16.6 Å². The molecule has 0 radical (unpaired) electrons. The van der Waals surface area contributed by atoms with Gasteiger partial charge in [0.15, 0.2) is 0 Å². The Hall–Kier alpha value is -1.61. The summed E-state index contributed by atoms with van der Waals surface area (Å²) in [6, 6.07) is 6.79. The Morgan fingerprint density at radius 3 is 2.94 bits per heavy atom. The van der Waals surface area contributed by atoms with E-state index in [1.165, 1.54) is 16.8 Å². The first-order valence-electron chi connectivity index (χ1n) is 5.93. The third-order valence-corrected chi connectivity index (χ3v) is 3.03. The van der Waals surface area contributed by atoms with Crippen molar-refractivity contribution in [2.75, 3.05) is 7.05 Å². The highest BCUT2D eigenvalue weighted by Crippen LogP contribution is 2.15. The van der Waals surface area contributed by atoms with Crippen molar-refractivity contribution in [2.45, 2.75) is 26.4 Å². The van der Waals surface area contributed by atoms with Gasteiger partial charge in [-0.3, -0.25) is 4.98 Å². The largest absolute Gasteiger partial charge is 0.346 e. The van der Waals surface area contributed by atoms with Crippen LogP contribution in [0.2, 0.25) is 0 Å². The second-order valence-electron chi connectivity index (χ2n) is 4.44. The van der Waals surface area contributed by atoms with Crippen LogP contribution in [0.15, 0.2) is 36.8 Å². The quantitative estimate of drug-likeness (QED) is 0.873. The van der Waals surface area contributed by atoms with Crippen molar-refractivity contribution < 1.29 is 0 Å². The Balaban J connectivity index is 2.22. The maximum absolute atomic E-state index is 4.23. The molecule has 3 nitrogen and oxygen atoms in total. The molecule has 2 aromatic rings. The number of nitrogens with one attached hydrogen (secondary N) is 1. The fourth-order valence-corrected chi connectivity index (χ4v) is 2.01. The SMILES string of the molecule is CNC(C)c1cccn1Cc1cncc(C)c1. The summed E-state index contributed by atoms with van der Waals surface area (Å²) in [7, 11) is 1.98. The molecule has 0 bridgehead atoms. The molecule has 90 valence electrons. The smallest absolute Gasteiger partial charge is 0.0488 e. The Bertz CT molecular complexity index is 488. The van der Waals surface area contributed by atoms with Crippen LogP contribution in [0.1, 0.15) is 29.8 Å². The van der Waals surface area contributed by atoms with E-state index in [9.17, 15) is 0 Å². The Morgan fingerprint density at radius 1 is 1.41 bits per heavy atom. The van der Waals surface area contributed by atoms with E-state index in [0.29, 0.717) is 6.04 Å². The summed E-state index contributed by atoms with van der Waals surface area (Å²) in [6.45, 7) is 5.12. The maximum Gasteiger partial charge on any atom is 0.0488 e. The van der Waals surface area contributed by atoms with Crippen molar-refractivity contribution in [1.82, 2.24) is 14.9 Å². The second-order valence-corrected chi connectivity index (χ2v) is 4.44. The lowest BCUT2D eigenvalue weighted by atomic mass is 10.2. The van der Waals surface area contributed by atoms with E-state index in [4.69, 9.17) is 0 Å². The van der Waals surface area contributed by atoms with Gasteiger partial charge in [-0.15, -0.1) is 0 Å². The Morgan fingerprint density at radius 2 is 2.24 bits per heavy atom. The lowest BCUT2D eigenvalue weighted by Crippen LogP contribution is -2.17. The molecule has 0 aliphatic heterocycles. The molecule has 0 fully saturated rings. The second kappa shape index (κ2) is 5.15. The number of hydrogen-bond donors (Lipinski definition) is 1. The number of nitrogens with zero attached hydrogens (tertiary/aromatic N) is 2. The van der Waals surface area contributed by atoms with E-state index in [1.807, 2.05) is 19.4 Å². The van der Waals surface area contributed by atoms with Crippen molar-refractivity contribution in [3.8, 4) is 0 Å². The summed E-state index contributed by atoms with van der Waals surface area (Å²) in [4.78, 5) is 4.23. The fraction of sp³-hybridized carbons (Fsp3) is 0.357. The van der Waals surface area contributed by atoms with E-state index in [2.05, 4.69) is 53.1 Å². The highest BCUT2D eigenvalue weighted by Gasteiger charge is 2.08. The molecule has 1 unspecified atom stereocenters. The Labute approximate surface area is 103 Å². The summed E-state index contributed by atoms with van der Waals surface area (Å²) in [5.41, 5.74) is 3.75. The van der Waals surface area contributed by atoms with Gasteiger partial charge in [-0.05, 0) is 44.2 Å². The van der Waals surface area contributed by atoms with E-state index in [1.54, 1.807) is 0 Å². The number of hydrogen-bond acceptors (Lipinski definition) is 2. The molecule has 0 amide bonds. The molecule has 3 heteroatoms. The molecule has 0 aromatic carbocycles. The molecule has 2 rings (SSSR count).